The molecule has 1 aromatic heterocycles. The van der Waals surface area contributed by atoms with Gasteiger partial charge in [-0.25, -0.2) is 0 Å². The summed E-state index contributed by atoms with van der Waals surface area (Å²) in [6, 6.07) is 9.98. The number of aliphatic hydroxyl groups excluding tert-OH is 1. The van der Waals surface area contributed by atoms with Crippen molar-refractivity contribution in [2.75, 3.05) is 27.2 Å². The van der Waals surface area contributed by atoms with Crippen molar-refractivity contribution in [3.05, 3.63) is 69.5 Å². The number of hydrogen-bond acceptors (Lipinski definition) is 5. The number of benzene rings is 1. The molecule has 0 aliphatic carbocycles. The first-order valence-electron chi connectivity index (χ1n) is 9.42. The van der Waals surface area contributed by atoms with Crippen LogP contribution in [-0.4, -0.2) is 58.8 Å². The maximum absolute atomic E-state index is 12.9. The van der Waals surface area contributed by atoms with Gasteiger partial charge >= 0.3 is 0 Å². The summed E-state index contributed by atoms with van der Waals surface area (Å²) in [7, 11) is 3.92. The first-order chi connectivity index (χ1) is 13.8. The molecule has 1 amide bonds. The van der Waals surface area contributed by atoms with Crippen LogP contribution in [0.15, 0.2) is 52.6 Å². The number of amides is 1. The molecular weight excluding hydrogens is 434 g/mol. The topological polar surface area (TPSA) is 73.7 Å². The smallest absolute Gasteiger partial charge is 0.295 e. The number of aliphatic hydroxyl groups is 1. The van der Waals surface area contributed by atoms with Crippen LogP contribution in [0.1, 0.15) is 29.3 Å². The van der Waals surface area contributed by atoms with Gasteiger partial charge in [0, 0.05) is 22.8 Å². The van der Waals surface area contributed by atoms with E-state index in [9.17, 15) is 14.7 Å². The number of aryl methyl sites for hydroxylation is 1. The van der Waals surface area contributed by atoms with E-state index in [0.29, 0.717) is 24.2 Å². The minimum atomic E-state index is -0.706. The molecule has 1 aliphatic rings. The first-order valence-corrected chi connectivity index (χ1v) is 10.2. The molecule has 7 heteroatoms. The highest BCUT2D eigenvalue weighted by Crippen LogP contribution is 2.38. The normalized spacial score (nSPS) is 18.7. The second-order valence-corrected chi connectivity index (χ2v) is 8.22. The number of rotatable bonds is 6. The van der Waals surface area contributed by atoms with E-state index >= 15 is 0 Å². The third kappa shape index (κ3) is 4.41. The van der Waals surface area contributed by atoms with Crippen LogP contribution in [0.3, 0.4) is 0 Å². The zero-order valence-electron chi connectivity index (χ0n) is 16.7. The van der Waals surface area contributed by atoms with Gasteiger partial charge in [-0.2, -0.15) is 0 Å². The van der Waals surface area contributed by atoms with E-state index in [1.54, 1.807) is 30.5 Å². The van der Waals surface area contributed by atoms with Crippen molar-refractivity contribution in [3.63, 3.8) is 0 Å². The quantitative estimate of drug-likeness (QED) is 0.408. The van der Waals surface area contributed by atoms with E-state index in [1.165, 1.54) is 4.90 Å². The van der Waals surface area contributed by atoms with Crippen molar-refractivity contribution in [1.82, 2.24) is 14.8 Å². The zero-order valence-corrected chi connectivity index (χ0v) is 18.3. The SMILES string of the molecule is Cc1cc(/C(O)=C2/C(=O)C(=O)N(CCCN(C)C)C2c2ccccn2)ccc1Br. The van der Waals surface area contributed by atoms with E-state index in [2.05, 4.69) is 20.9 Å². The van der Waals surface area contributed by atoms with Crippen LogP contribution in [0.5, 0.6) is 0 Å². The number of hydrogen-bond donors (Lipinski definition) is 1. The Bertz CT molecular complexity index is 957. The van der Waals surface area contributed by atoms with Gasteiger partial charge in [0.15, 0.2) is 0 Å². The number of carbonyl (C=O) groups is 2. The second kappa shape index (κ2) is 8.88. The fourth-order valence-corrected chi connectivity index (χ4v) is 3.71. The van der Waals surface area contributed by atoms with Crippen LogP contribution in [-0.2, 0) is 9.59 Å². The van der Waals surface area contributed by atoms with Gasteiger partial charge in [0.05, 0.1) is 11.3 Å². The van der Waals surface area contributed by atoms with Gasteiger partial charge in [0.25, 0.3) is 11.7 Å². The molecular formula is C22H24BrN3O3. The highest BCUT2D eigenvalue weighted by Gasteiger charge is 2.46. The lowest BCUT2D eigenvalue weighted by molar-refractivity contribution is -0.140. The molecule has 0 saturated carbocycles. The number of likely N-dealkylation sites (tertiary alicyclic amines) is 1. The van der Waals surface area contributed by atoms with E-state index in [-0.39, 0.29) is 11.3 Å². The predicted octanol–water partition coefficient (Wildman–Crippen LogP) is 3.53. The van der Waals surface area contributed by atoms with Gasteiger partial charge in [-0.05, 0) is 63.8 Å². The number of halogens is 1. The minimum Gasteiger partial charge on any atom is -0.507 e. The Morgan fingerprint density at radius 3 is 2.62 bits per heavy atom. The summed E-state index contributed by atoms with van der Waals surface area (Å²) in [5, 5.41) is 11.0. The molecule has 1 saturated heterocycles. The van der Waals surface area contributed by atoms with Crippen LogP contribution in [0.25, 0.3) is 5.76 Å². The van der Waals surface area contributed by atoms with Crippen molar-refractivity contribution in [2.45, 2.75) is 19.4 Å². The van der Waals surface area contributed by atoms with Gasteiger partial charge < -0.3 is 14.9 Å². The molecule has 29 heavy (non-hydrogen) atoms. The van der Waals surface area contributed by atoms with E-state index in [1.807, 2.05) is 38.1 Å². The van der Waals surface area contributed by atoms with Gasteiger partial charge in [0.2, 0.25) is 0 Å². The summed E-state index contributed by atoms with van der Waals surface area (Å²) in [6.45, 7) is 3.08. The lowest BCUT2D eigenvalue weighted by Gasteiger charge is -2.25. The Labute approximate surface area is 179 Å². The van der Waals surface area contributed by atoms with Crippen molar-refractivity contribution in [1.29, 1.82) is 0 Å². The Kier molecular flexibility index (Phi) is 6.49. The Morgan fingerprint density at radius 1 is 1.24 bits per heavy atom. The summed E-state index contributed by atoms with van der Waals surface area (Å²) in [4.78, 5) is 33.6. The summed E-state index contributed by atoms with van der Waals surface area (Å²) in [5.74, 6) is -1.46. The van der Waals surface area contributed by atoms with Crippen molar-refractivity contribution in [3.8, 4) is 0 Å². The first kappa shape index (κ1) is 21.2. The molecule has 1 fully saturated rings. The van der Waals surface area contributed by atoms with E-state index in [4.69, 9.17) is 0 Å². The Morgan fingerprint density at radius 2 is 2.00 bits per heavy atom. The maximum Gasteiger partial charge on any atom is 0.295 e. The van der Waals surface area contributed by atoms with Gasteiger partial charge in [-0.1, -0.05) is 28.1 Å². The third-order valence-electron chi connectivity index (χ3n) is 4.94. The van der Waals surface area contributed by atoms with Crippen molar-refractivity contribution < 1.29 is 14.7 Å². The Balaban J connectivity index is 2.09. The lowest BCUT2D eigenvalue weighted by atomic mass is 9.97. The number of carbonyl (C=O) groups excluding carboxylic acids is 2. The highest BCUT2D eigenvalue weighted by molar-refractivity contribution is 9.10. The summed E-state index contributed by atoms with van der Waals surface area (Å²) >= 11 is 3.44. The molecule has 1 aromatic carbocycles. The highest BCUT2D eigenvalue weighted by atomic mass is 79.9. The molecule has 3 rings (SSSR count). The molecule has 0 radical (unpaired) electrons. The molecule has 2 heterocycles. The average molecular weight is 458 g/mol. The van der Waals surface area contributed by atoms with Gasteiger partial charge in [0.1, 0.15) is 11.8 Å². The van der Waals surface area contributed by atoms with Crippen molar-refractivity contribution in [2.24, 2.45) is 0 Å². The van der Waals surface area contributed by atoms with Crippen molar-refractivity contribution >= 4 is 33.4 Å². The number of Topliss-reactive ketones (excluding diaryl/α,β-unsaturated/α-hetero) is 1. The van der Waals surface area contributed by atoms with Crippen LogP contribution in [0.2, 0.25) is 0 Å². The summed E-state index contributed by atoms with van der Waals surface area (Å²) in [5.41, 5.74) is 2.06. The zero-order chi connectivity index (χ0) is 21.1. The van der Waals surface area contributed by atoms with Gasteiger partial charge in [-0.3, -0.25) is 14.6 Å². The molecule has 1 N–H and O–H groups in total. The standard InChI is InChI=1S/C22H24BrN3O3/c1-14-13-15(8-9-16(14)23)20(27)18-19(17-7-4-5-10-24-17)26(22(29)21(18)28)12-6-11-25(2)3/h4-5,7-10,13,19,27H,6,11-12H2,1-3H3/b20-18-. The van der Waals surface area contributed by atoms with Gasteiger partial charge in [-0.15, -0.1) is 0 Å². The fourth-order valence-electron chi connectivity index (χ4n) is 3.46. The lowest BCUT2D eigenvalue weighted by Crippen LogP contribution is -2.32. The number of aromatic nitrogens is 1. The molecule has 1 unspecified atom stereocenters. The summed E-state index contributed by atoms with van der Waals surface area (Å²) in [6.07, 6.45) is 2.33. The molecule has 2 aromatic rings. The number of pyridine rings is 1. The van der Waals surface area contributed by atoms with E-state index < -0.39 is 17.7 Å². The Hall–Kier alpha value is -2.51. The average Bonchev–Trinajstić information content (AvgIpc) is 2.95. The fraction of sp³-hybridized carbons (Fsp3) is 0.318. The largest absolute Gasteiger partial charge is 0.507 e. The molecule has 0 spiro atoms. The monoisotopic (exact) mass is 457 g/mol. The van der Waals surface area contributed by atoms with Crippen LogP contribution in [0.4, 0.5) is 0 Å². The number of nitrogens with zero attached hydrogens (tertiary/aromatic N) is 3. The van der Waals surface area contributed by atoms with Crippen LogP contribution < -0.4 is 0 Å². The second-order valence-electron chi connectivity index (χ2n) is 7.37. The predicted molar refractivity (Wildman–Crippen MR) is 115 cm³/mol. The molecule has 1 atom stereocenters. The van der Waals surface area contributed by atoms with Crippen LogP contribution >= 0.6 is 15.9 Å². The maximum atomic E-state index is 12.9. The number of ketones is 1. The molecule has 6 nitrogen and oxygen atoms in total. The van der Waals surface area contributed by atoms with Crippen LogP contribution in [0, 0.1) is 6.92 Å². The molecule has 0 bridgehead atoms. The summed E-state index contributed by atoms with van der Waals surface area (Å²) < 4.78 is 0.902. The molecule has 1 aliphatic heterocycles. The third-order valence-corrected chi connectivity index (χ3v) is 5.83. The molecule has 152 valence electrons. The van der Waals surface area contributed by atoms with E-state index in [0.717, 1.165) is 16.6 Å². The minimum absolute atomic E-state index is 0.0836.